The van der Waals surface area contributed by atoms with Crippen LogP contribution < -0.4 is 10.9 Å². The van der Waals surface area contributed by atoms with Crippen LogP contribution in [0.3, 0.4) is 0 Å². The Morgan fingerprint density at radius 3 is 2.65 bits per heavy atom. The average Bonchev–Trinajstić information content (AvgIpc) is 2.77. The molecule has 2 aromatic rings. The van der Waals surface area contributed by atoms with Crippen molar-refractivity contribution in [2.75, 3.05) is 5.01 Å². The second kappa shape index (κ2) is 4.26. The number of hydrazine groups is 1. The summed E-state index contributed by atoms with van der Waals surface area (Å²) < 4.78 is 1.60. The number of rotatable bonds is 2. The van der Waals surface area contributed by atoms with Crippen LogP contribution in [0.2, 0.25) is 0 Å². The largest absolute Gasteiger partial charge is 0.464 e. The number of aromatic nitrogens is 2. The molecule has 1 amide bonds. The number of aryl methyl sites for hydroxylation is 1. The molecular weight excluding hydrogens is 220 g/mol. The Bertz CT molecular complexity index is 533. The molecule has 2 rings (SSSR count). The first-order valence-electron chi connectivity index (χ1n) is 4.98. The number of nitrogens with zero attached hydrogens (tertiary/aromatic N) is 3. The fourth-order valence-corrected chi connectivity index (χ4v) is 1.47. The molecule has 1 heterocycles. The predicted molar refractivity (Wildman–Crippen MR) is 63.0 cm³/mol. The molecule has 1 aromatic carbocycles. The van der Waals surface area contributed by atoms with Crippen LogP contribution in [0.5, 0.6) is 0 Å². The zero-order valence-electron chi connectivity index (χ0n) is 9.24. The summed E-state index contributed by atoms with van der Waals surface area (Å²) in [5, 5.41) is 9.40. The van der Waals surface area contributed by atoms with Gasteiger partial charge in [-0.25, -0.2) is 15.6 Å². The first-order chi connectivity index (χ1) is 8.09. The van der Waals surface area contributed by atoms with Crippen molar-refractivity contribution in [3.8, 4) is 5.69 Å². The molecule has 0 spiro atoms. The summed E-state index contributed by atoms with van der Waals surface area (Å²) in [6.45, 7) is 1.98. The van der Waals surface area contributed by atoms with Gasteiger partial charge in [0.05, 0.1) is 0 Å². The Balaban J connectivity index is 2.43. The Hall–Kier alpha value is -2.34. The number of anilines is 1. The SMILES string of the molecule is Cc1ccc(-n2ccnc2N(N)C(=O)O)cc1. The minimum absolute atomic E-state index is 0.154. The zero-order valence-corrected chi connectivity index (χ0v) is 9.24. The molecule has 6 heteroatoms. The molecule has 17 heavy (non-hydrogen) atoms. The van der Waals surface area contributed by atoms with Gasteiger partial charge in [-0.2, -0.15) is 5.01 Å². The van der Waals surface area contributed by atoms with Gasteiger partial charge in [0.25, 0.3) is 0 Å². The van der Waals surface area contributed by atoms with E-state index in [-0.39, 0.29) is 5.95 Å². The van der Waals surface area contributed by atoms with Crippen LogP contribution in [-0.4, -0.2) is 20.8 Å². The molecule has 0 fully saturated rings. The van der Waals surface area contributed by atoms with E-state index >= 15 is 0 Å². The molecule has 6 nitrogen and oxygen atoms in total. The highest BCUT2D eigenvalue weighted by Gasteiger charge is 2.15. The van der Waals surface area contributed by atoms with Gasteiger partial charge in [0, 0.05) is 18.1 Å². The molecule has 0 aliphatic rings. The van der Waals surface area contributed by atoms with E-state index in [9.17, 15) is 4.79 Å². The van der Waals surface area contributed by atoms with Crippen LogP contribution in [0.15, 0.2) is 36.7 Å². The average molecular weight is 232 g/mol. The molecule has 88 valence electrons. The molecule has 0 radical (unpaired) electrons. The molecule has 0 unspecified atom stereocenters. The van der Waals surface area contributed by atoms with E-state index in [1.165, 1.54) is 6.20 Å². The van der Waals surface area contributed by atoms with Crippen molar-refractivity contribution in [3.63, 3.8) is 0 Å². The topological polar surface area (TPSA) is 84.4 Å². The van der Waals surface area contributed by atoms with Gasteiger partial charge < -0.3 is 5.11 Å². The summed E-state index contributed by atoms with van der Waals surface area (Å²) >= 11 is 0. The molecule has 0 aliphatic heterocycles. The summed E-state index contributed by atoms with van der Waals surface area (Å²) in [6.07, 6.45) is 1.89. The summed E-state index contributed by atoms with van der Waals surface area (Å²) in [6, 6.07) is 7.61. The number of nitrogens with two attached hydrogens (primary N) is 1. The van der Waals surface area contributed by atoms with Crippen molar-refractivity contribution in [1.29, 1.82) is 0 Å². The van der Waals surface area contributed by atoms with E-state index in [4.69, 9.17) is 10.9 Å². The van der Waals surface area contributed by atoms with Gasteiger partial charge in [0.15, 0.2) is 0 Å². The highest BCUT2D eigenvalue weighted by Crippen LogP contribution is 2.16. The second-order valence-electron chi connectivity index (χ2n) is 3.59. The third-order valence-corrected chi connectivity index (χ3v) is 2.35. The molecule has 3 N–H and O–H groups in total. The molecule has 0 atom stereocenters. The van der Waals surface area contributed by atoms with E-state index in [1.807, 2.05) is 31.2 Å². The van der Waals surface area contributed by atoms with Gasteiger partial charge >= 0.3 is 6.09 Å². The molecule has 1 aromatic heterocycles. The number of carbonyl (C=O) groups is 1. The van der Waals surface area contributed by atoms with Crippen molar-refractivity contribution in [2.24, 2.45) is 5.84 Å². The van der Waals surface area contributed by atoms with Crippen molar-refractivity contribution in [1.82, 2.24) is 9.55 Å². The van der Waals surface area contributed by atoms with Crippen LogP contribution in [0.25, 0.3) is 5.69 Å². The summed E-state index contributed by atoms with van der Waals surface area (Å²) in [5.74, 6) is 5.55. The van der Waals surface area contributed by atoms with Gasteiger partial charge in [0.1, 0.15) is 0 Å². The van der Waals surface area contributed by atoms with Gasteiger partial charge in [-0.05, 0) is 19.1 Å². The molecule has 0 bridgehead atoms. The Morgan fingerprint density at radius 1 is 1.41 bits per heavy atom. The van der Waals surface area contributed by atoms with E-state index in [2.05, 4.69) is 4.98 Å². The monoisotopic (exact) mass is 232 g/mol. The third kappa shape index (κ3) is 2.11. The number of amides is 1. The maximum Gasteiger partial charge on any atom is 0.428 e. The van der Waals surface area contributed by atoms with Crippen LogP contribution in [0, 0.1) is 6.92 Å². The van der Waals surface area contributed by atoms with E-state index in [0.29, 0.717) is 5.01 Å². The minimum atomic E-state index is -1.26. The Morgan fingerprint density at radius 2 is 2.06 bits per heavy atom. The number of imidazole rings is 1. The highest BCUT2D eigenvalue weighted by atomic mass is 16.4. The van der Waals surface area contributed by atoms with Crippen molar-refractivity contribution in [2.45, 2.75) is 6.92 Å². The third-order valence-electron chi connectivity index (χ3n) is 2.35. The van der Waals surface area contributed by atoms with Gasteiger partial charge in [0.2, 0.25) is 5.95 Å². The van der Waals surface area contributed by atoms with Crippen molar-refractivity contribution >= 4 is 12.0 Å². The van der Waals surface area contributed by atoms with Crippen LogP contribution in [0.4, 0.5) is 10.7 Å². The zero-order chi connectivity index (χ0) is 12.4. The normalized spacial score (nSPS) is 10.2. The molecule has 0 saturated heterocycles. The molecular formula is C11H12N4O2. The lowest BCUT2D eigenvalue weighted by molar-refractivity contribution is 0.201. The maximum atomic E-state index is 10.8. The first kappa shape index (κ1) is 11.2. The van der Waals surface area contributed by atoms with Gasteiger partial charge in [-0.1, -0.05) is 17.7 Å². The summed E-state index contributed by atoms with van der Waals surface area (Å²) in [5.41, 5.74) is 1.93. The second-order valence-corrected chi connectivity index (χ2v) is 3.59. The lowest BCUT2D eigenvalue weighted by atomic mass is 10.2. The summed E-state index contributed by atoms with van der Waals surface area (Å²) in [7, 11) is 0. The number of benzene rings is 1. The van der Waals surface area contributed by atoms with Crippen LogP contribution in [0.1, 0.15) is 5.56 Å². The van der Waals surface area contributed by atoms with E-state index in [0.717, 1.165) is 11.3 Å². The lowest BCUT2D eigenvalue weighted by Crippen LogP contribution is -2.38. The van der Waals surface area contributed by atoms with Gasteiger partial charge in [-0.3, -0.25) is 4.57 Å². The van der Waals surface area contributed by atoms with Crippen LogP contribution >= 0.6 is 0 Å². The Kier molecular flexibility index (Phi) is 2.80. The quantitative estimate of drug-likeness (QED) is 0.467. The van der Waals surface area contributed by atoms with Crippen molar-refractivity contribution in [3.05, 3.63) is 42.2 Å². The fraction of sp³-hybridized carbons (Fsp3) is 0.0909. The standard InChI is InChI=1S/C11H12N4O2/c1-8-2-4-9(5-3-8)14-7-6-13-10(14)15(12)11(16)17/h2-7H,12H2,1H3,(H,16,17). The van der Waals surface area contributed by atoms with Crippen LogP contribution in [-0.2, 0) is 0 Å². The summed E-state index contributed by atoms with van der Waals surface area (Å²) in [4.78, 5) is 14.7. The maximum absolute atomic E-state index is 10.8. The first-order valence-corrected chi connectivity index (χ1v) is 4.98. The smallest absolute Gasteiger partial charge is 0.428 e. The predicted octanol–water partition coefficient (Wildman–Crippen LogP) is 1.54. The number of carboxylic acid groups (broad SMARTS) is 1. The number of hydrogen-bond acceptors (Lipinski definition) is 3. The van der Waals surface area contributed by atoms with E-state index in [1.54, 1.807) is 10.8 Å². The van der Waals surface area contributed by atoms with E-state index < -0.39 is 6.09 Å². The van der Waals surface area contributed by atoms with Gasteiger partial charge in [-0.15, -0.1) is 0 Å². The highest BCUT2D eigenvalue weighted by molar-refractivity contribution is 5.82. The lowest BCUT2D eigenvalue weighted by Gasteiger charge is -2.14. The molecule has 0 aliphatic carbocycles. The van der Waals surface area contributed by atoms with Crippen molar-refractivity contribution < 1.29 is 9.90 Å². The fourth-order valence-electron chi connectivity index (χ4n) is 1.47. The minimum Gasteiger partial charge on any atom is -0.464 e. The number of hydrogen-bond donors (Lipinski definition) is 2. The molecule has 0 saturated carbocycles. The Labute approximate surface area is 97.9 Å².